The van der Waals surface area contributed by atoms with E-state index < -0.39 is 21.8 Å². The van der Waals surface area contributed by atoms with Gasteiger partial charge in [-0.2, -0.15) is 4.31 Å². The minimum atomic E-state index is -3.44. The number of carbonyl (C=O) groups excluding carboxylic acids is 2. The van der Waals surface area contributed by atoms with Crippen LogP contribution in [0.4, 0.5) is 0 Å². The average Bonchev–Trinajstić information content (AvgIpc) is 2.72. The highest BCUT2D eigenvalue weighted by molar-refractivity contribution is 7.88. The lowest BCUT2D eigenvalue weighted by atomic mass is 10.1. The zero-order valence-corrected chi connectivity index (χ0v) is 14.1. The summed E-state index contributed by atoms with van der Waals surface area (Å²) in [6, 6.07) is 1.78. The lowest BCUT2D eigenvalue weighted by Crippen LogP contribution is -2.40. The topological polar surface area (TPSA) is 101 Å². The molecule has 122 valence electrons. The van der Waals surface area contributed by atoms with E-state index in [1.807, 2.05) is 12.3 Å². The second-order valence-electron chi connectivity index (χ2n) is 5.46. The van der Waals surface area contributed by atoms with E-state index in [4.69, 9.17) is 5.73 Å². The molecular weight excluding hydrogens is 326 g/mol. The molecule has 0 saturated carbocycles. The Morgan fingerprint density at radius 2 is 2.00 bits per heavy atom. The minimum Gasteiger partial charge on any atom is -0.369 e. The molecule has 1 atom stereocenters. The Balaban J connectivity index is 2.23. The van der Waals surface area contributed by atoms with Crippen LogP contribution in [-0.2, 0) is 14.8 Å². The standard InChI is InChI=1S/C13H19N3O4S2/c1-9-5-11(21-8-9)13(18)15-3-4-16(22(2,19)20)7-10(6-15)12(14)17/h5,8,10H,3-4,6-7H2,1-2H3,(H2,14,17)/t10-/m0/s1. The largest absolute Gasteiger partial charge is 0.369 e. The van der Waals surface area contributed by atoms with Crippen LogP contribution in [0.2, 0.25) is 0 Å². The summed E-state index contributed by atoms with van der Waals surface area (Å²) in [7, 11) is -3.44. The number of carbonyl (C=O) groups is 2. The number of sulfonamides is 1. The fraction of sp³-hybridized carbons (Fsp3) is 0.538. The normalized spacial score (nSPS) is 20.6. The first kappa shape index (κ1) is 16.9. The summed E-state index contributed by atoms with van der Waals surface area (Å²) >= 11 is 1.33. The molecular formula is C13H19N3O4S2. The minimum absolute atomic E-state index is 0.0153. The van der Waals surface area contributed by atoms with Crippen molar-refractivity contribution < 1.29 is 18.0 Å². The molecule has 1 saturated heterocycles. The lowest BCUT2D eigenvalue weighted by molar-refractivity contribution is -0.122. The predicted octanol–water partition coefficient (Wildman–Crippen LogP) is -0.125. The van der Waals surface area contributed by atoms with Crippen LogP contribution < -0.4 is 5.73 Å². The third-order valence-corrected chi connectivity index (χ3v) is 5.89. The van der Waals surface area contributed by atoms with Gasteiger partial charge in [-0.15, -0.1) is 11.3 Å². The molecule has 22 heavy (non-hydrogen) atoms. The number of primary amides is 1. The number of nitrogens with two attached hydrogens (primary N) is 1. The van der Waals surface area contributed by atoms with Crippen molar-refractivity contribution in [3.63, 3.8) is 0 Å². The molecule has 1 aromatic heterocycles. The molecule has 0 aliphatic carbocycles. The molecule has 0 bridgehead atoms. The monoisotopic (exact) mass is 345 g/mol. The van der Waals surface area contributed by atoms with Gasteiger partial charge in [-0.1, -0.05) is 0 Å². The molecule has 9 heteroatoms. The van der Waals surface area contributed by atoms with Crippen molar-refractivity contribution in [3.05, 3.63) is 21.9 Å². The van der Waals surface area contributed by atoms with E-state index in [2.05, 4.69) is 0 Å². The first-order valence-electron chi connectivity index (χ1n) is 6.77. The van der Waals surface area contributed by atoms with Gasteiger partial charge >= 0.3 is 0 Å². The first-order chi connectivity index (χ1) is 10.2. The van der Waals surface area contributed by atoms with E-state index in [0.717, 1.165) is 11.8 Å². The van der Waals surface area contributed by atoms with Gasteiger partial charge < -0.3 is 10.6 Å². The van der Waals surface area contributed by atoms with Crippen LogP contribution >= 0.6 is 11.3 Å². The molecule has 0 aromatic carbocycles. The van der Waals surface area contributed by atoms with Crippen molar-refractivity contribution in [2.75, 3.05) is 32.4 Å². The van der Waals surface area contributed by atoms with Gasteiger partial charge in [0, 0.05) is 26.2 Å². The summed E-state index contributed by atoms with van der Waals surface area (Å²) in [6.07, 6.45) is 1.09. The smallest absolute Gasteiger partial charge is 0.263 e. The number of amides is 2. The maximum atomic E-state index is 12.5. The van der Waals surface area contributed by atoms with Gasteiger partial charge in [-0.25, -0.2) is 8.42 Å². The van der Waals surface area contributed by atoms with Crippen molar-refractivity contribution in [1.82, 2.24) is 9.21 Å². The zero-order valence-electron chi connectivity index (χ0n) is 12.5. The highest BCUT2D eigenvalue weighted by Crippen LogP contribution is 2.19. The second kappa shape index (κ2) is 6.35. The van der Waals surface area contributed by atoms with Crippen molar-refractivity contribution in [2.45, 2.75) is 6.92 Å². The van der Waals surface area contributed by atoms with Gasteiger partial charge in [0.05, 0.1) is 17.1 Å². The van der Waals surface area contributed by atoms with Crippen LogP contribution in [0.3, 0.4) is 0 Å². The zero-order chi connectivity index (χ0) is 16.5. The van der Waals surface area contributed by atoms with Gasteiger partial charge in [0.2, 0.25) is 15.9 Å². The van der Waals surface area contributed by atoms with Crippen LogP contribution in [0.5, 0.6) is 0 Å². The average molecular weight is 345 g/mol. The summed E-state index contributed by atoms with van der Waals surface area (Å²) in [5.41, 5.74) is 6.34. The lowest BCUT2D eigenvalue weighted by Gasteiger charge is -2.21. The number of thiophene rings is 1. The van der Waals surface area contributed by atoms with Gasteiger partial charge in [-0.3, -0.25) is 9.59 Å². The van der Waals surface area contributed by atoms with Crippen LogP contribution in [-0.4, -0.2) is 61.9 Å². The van der Waals surface area contributed by atoms with Crippen LogP contribution in [0.15, 0.2) is 11.4 Å². The Morgan fingerprint density at radius 1 is 1.32 bits per heavy atom. The summed E-state index contributed by atoms with van der Waals surface area (Å²) in [5.74, 6) is -1.50. The molecule has 1 aliphatic rings. The van der Waals surface area contributed by atoms with E-state index in [0.29, 0.717) is 4.88 Å². The van der Waals surface area contributed by atoms with Gasteiger partial charge in [-0.05, 0) is 23.9 Å². The summed E-state index contributed by atoms with van der Waals surface area (Å²) in [4.78, 5) is 26.1. The van der Waals surface area contributed by atoms with Crippen LogP contribution in [0.1, 0.15) is 15.2 Å². The third-order valence-electron chi connectivity index (χ3n) is 3.58. The van der Waals surface area contributed by atoms with E-state index in [1.165, 1.54) is 20.5 Å². The van der Waals surface area contributed by atoms with Crippen molar-refractivity contribution >= 4 is 33.2 Å². The molecule has 0 spiro atoms. The predicted molar refractivity (Wildman–Crippen MR) is 84.1 cm³/mol. The van der Waals surface area contributed by atoms with Crippen molar-refractivity contribution in [3.8, 4) is 0 Å². The highest BCUT2D eigenvalue weighted by atomic mass is 32.2. The molecule has 1 aromatic rings. The molecule has 2 heterocycles. The third kappa shape index (κ3) is 3.84. The molecule has 2 N–H and O–H groups in total. The molecule has 2 amide bonds. The quantitative estimate of drug-likeness (QED) is 0.825. The molecule has 7 nitrogen and oxygen atoms in total. The Kier molecular flexibility index (Phi) is 4.88. The number of hydrogen-bond acceptors (Lipinski definition) is 5. The van der Waals surface area contributed by atoms with E-state index >= 15 is 0 Å². The van der Waals surface area contributed by atoms with Crippen LogP contribution in [0, 0.1) is 12.8 Å². The van der Waals surface area contributed by atoms with Gasteiger partial charge in [0.1, 0.15) is 0 Å². The van der Waals surface area contributed by atoms with E-state index in [1.54, 1.807) is 6.07 Å². The molecule has 2 rings (SSSR count). The Morgan fingerprint density at radius 3 is 2.50 bits per heavy atom. The molecule has 0 radical (unpaired) electrons. The Bertz CT molecular complexity index is 683. The Labute approximate surface area is 133 Å². The van der Waals surface area contributed by atoms with Crippen LogP contribution in [0.25, 0.3) is 0 Å². The second-order valence-corrected chi connectivity index (χ2v) is 8.35. The van der Waals surface area contributed by atoms with Gasteiger partial charge in [0.15, 0.2) is 0 Å². The fourth-order valence-corrected chi connectivity index (χ4v) is 4.08. The highest BCUT2D eigenvalue weighted by Gasteiger charge is 2.32. The number of hydrogen-bond donors (Lipinski definition) is 1. The summed E-state index contributed by atoms with van der Waals surface area (Å²) in [6.45, 7) is 2.46. The fourth-order valence-electron chi connectivity index (χ4n) is 2.35. The SMILES string of the molecule is Cc1csc(C(=O)N2CCN(S(C)(=O)=O)C[C@@H](C(N)=O)C2)c1. The molecule has 1 fully saturated rings. The van der Waals surface area contributed by atoms with Gasteiger partial charge in [0.25, 0.3) is 5.91 Å². The summed E-state index contributed by atoms with van der Waals surface area (Å²) in [5, 5.41) is 1.87. The molecule has 0 unspecified atom stereocenters. The van der Waals surface area contributed by atoms with E-state index in [9.17, 15) is 18.0 Å². The number of aryl methyl sites for hydroxylation is 1. The number of nitrogens with zero attached hydrogens (tertiary/aromatic N) is 2. The molecule has 1 aliphatic heterocycles. The summed E-state index contributed by atoms with van der Waals surface area (Å²) < 4.78 is 24.7. The first-order valence-corrected chi connectivity index (χ1v) is 9.50. The number of rotatable bonds is 3. The van der Waals surface area contributed by atoms with Crippen molar-refractivity contribution in [1.29, 1.82) is 0 Å². The van der Waals surface area contributed by atoms with Crippen molar-refractivity contribution in [2.24, 2.45) is 11.7 Å². The van der Waals surface area contributed by atoms with E-state index in [-0.39, 0.29) is 32.1 Å². The Hall–Kier alpha value is -1.45. The maximum Gasteiger partial charge on any atom is 0.263 e. The maximum absolute atomic E-state index is 12.5.